The molecule has 3 aromatic carbocycles. The molecule has 1 heterocycles. The smallest absolute Gasteiger partial charge is 0.224 e. The molecule has 1 N–H and O–H groups in total. The van der Waals surface area contributed by atoms with Gasteiger partial charge in [-0.15, -0.1) is 0 Å². The number of hydrogen-bond acceptors (Lipinski definition) is 2. The van der Waals surface area contributed by atoms with Crippen LogP contribution in [0, 0.1) is 17.6 Å². The van der Waals surface area contributed by atoms with Crippen LogP contribution in [0.3, 0.4) is 0 Å². The van der Waals surface area contributed by atoms with E-state index in [4.69, 9.17) is 0 Å². The molecule has 4 rings (SSSR count). The molecule has 3 nitrogen and oxygen atoms in total. The highest BCUT2D eigenvalue weighted by molar-refractivity contribution is 5.78. The average molecular weight is 406 g/mol. The quantitative estimate of drug-likeness (QED) is 0.637. The van der Waals surface area contributed by atoms with Crippen LogP contribution in [0.5, 0.6) is 0 Å². The number of halogens is 2. The third-order valence-corrected chi connectivity index (χ3v) is 5.57. The molecule has 3 aromatic rings. The van der Waals surface area contributed by atoms with Crippen LogP contribution in [0.25, 0.3) is 11.1 Å². The summed E-state index contributed by atoms with van der Waals surface area (Å²) in [5.74, 6) is -1.38. The van der Waals surface area contributed by atoms with Crippen LogP contribution in [-0.4, -0.2) is 25.5 Å². The molecule has 0 aliphatic carbocycles. The molecule has 5 heteroatoms. The van der Waals surface area contributed by atoms with Gasteiger partial charge in [-0.3, -0.25) is 4.79 Å². The second-order valence-electron chi connectivity index (χ2n) is 7.74. The monoisotopic (exact) mass is 406 g/mol. The van der Waals surface area contributed by atoms with Crippen molar-refractivity contribution in [2.75, 3.05) is 24.5 Å². The molecule has 0 bridgehead atoms. The van der Waals surface area contributed by atoms with Crippen molar-refractivity contribution in [3.05, 3.63) is 90.0 Å². The van der Waals surface area contributed by atoms with Crippen LogP contribution in [0.1, 0.15) is 12.0 Å². The first kappa shape index (κ1) is 20.1. The zero-order valence-electron chi connectivity index (χ0n) is 16.7. The first-order valence-electron chi connectivity index (χ1n) is 10.2. The van der Waals surface area contributed by atoms with E-state index in [-0.39, 0.29) is 5.91 Å². The van der Waals surface area contributed by atoms with Crippen LogP contribution in [0.2, 0.25) is 0 Å². The van der Waals surface area contributed by atoms with Crippen LogP contribution in [0.15, 0.2) is 72.8 Å². The molecule has 1 aliphatic heterocycles. The lowest BCUT2D eigenvalue weighted by atomic mass is 10.0. The number of nitrogens with one attached hydrogen (secondary N) is 1. The van der Waals surface area contributed by atoms with Gasteiger partial charge in [0.05, 0.1) is 6.42 Å². The van der Waals surface area contributed by atoms with Gasteiger partial charge in [0.25, 0.3) is 0 Å². The minimum absolute atomic E-state index is 0.00580. The van der Waals surface area contributed by atoms with E-state index in [0.29, 0.717) is 24.6 Å². The van der Waals surface area contributed by atoms with Crippen molar-refractivity contribution in [1.82, 2.24) is 5.32 Å². The first-order valence-corrected chi connectivity index (χ1v) is 10.2. The van der Waals surface area contributed by atoms with E-state index in [9.17, 15) is 13.6 Å². The van der Waals surface area contributed by atoms with Crippen molar-refractivity contribution in [1.29, 1.82) is 0 Å². The molecule has 154 valence electrons. The Balaban J connectivity index is 1.25. The van der Waals surface area contributed by atoms with E-state index in [1.807, 2.05) is 47.4 Å². The Morgan fingerprint density at radius 2 is 1.67 bits per heavy atom. The lowest BCUT2D eigenvalue weighted by molar-refractivity contribution is -0.120. The fourth-order valence-electron chi connectivity index (χ4n) is 3.87. The van der Waals surface area contributed by atoms with Gasteiger partial charge < -0.3 is 10.2 Å². The third kappa shape index (κ3) is 4.85. The molecule has 1 amide bonds. The molecule has 1 fully saturated rings. The Labute approximate surface area is 175 Å². The zero-order valence-corrected chi connectivity index (χ0v) is 16.7. The number of amides is 1. The minimum atomic E-state index is -0.835. The molecule has 1 unspecified atom stereocenters. The van der Waals surface area contributed by atoms with Crippen molar-refractivity contribution >= 4 is 11.6 Å². The van der Waals surface area contributed by atoms with Crippen molar-refractivity contribution in [3.63, 3.8) is 0 Å². The van der Waals surface area contributed by atoms with Gasteiger partial charge in [-0.05, 0) is 41.2 Å². The van der Waals surface area contributed by atoms with E-state index < -0.39 is 11.6 Å². The number of anilines is 1. The number of rotatable bonds is 6. The van der Waals surface area contributed by atoms with Gasteiger partial charge in [0.1, 0.15) is 0 Å². The number of benzene rings is 3. The summed E-state index contributed by atoms with van der Waals surface area (Å²) in [6.45, 7) is 2.07. The highest BCUT2D eigenvalue weighted by Crippen LogP contribution is 2.25. The maximum atomic E-state index is 13.5. The maximum absolute atomic E-state index is 13.5. The number of hydrogen-bond donors (Lipinski definition) is 1. The number of carbonyl (C=O) groups is 1. The zero-order chi connectivity index (χ0) is 20.9. The van der Waals surface area contributed by atoms with Crippen molar-refractivity contribution in [2.24, 2.45) is 5.92 Å². The summed E-state index contributed by atoms with van der Waals surface area (Å²) in [5.41, 5.74) is 3.94. The van der Waals surface area contributed by atoms with Gasteiger partial charge in [0.2, 0.25) is 5.91 Å². The Morgan fingerprint density at radius 1 is 0.933 bits per heavy atom. The molecule has 1 saturated heterocycles. The molecule has 0 aromatic heterocycles. The summed E-state index contributed by atoms with van der Waals surface area (Å²) in [7, 11) is 0. The minimum Gasteiger partial charge on any atom is -0.371 e. The van der Waals surface area contributed by atoms with Crippen LogP contribution >= 0.6 is 0 Å². The fourth-order valence-corrected chi connectivity index (χ4v) is 3.87. The standard InChI is InChI=1S/C25H24F2N2O/c26-23-11-10-22(15-24(23)27)29-13-12-19(17-29)16-28-25(30)14-18-6-8-21(9-7-18)20-4-2-1-3-5-20/h1-11,15,19H,12-14,16-17H2,(H,28,30). The summed E-state index contributed by atoms with van der Waals surface area (Å²) in [6, 6.07) is 22.2. The Bertz CT molecular complexity index is 1010. The fraction of sp³-hybridized carbons (Fsp3) is 0.240. The molecule has 1 aliphatic rings. The van der Waals surface area contributed by atoms with E-state index in [1.165, 1.54) is 6.07 Å². The largest absolute Gasteiger partial charge is 0.371 e. The van der Waals surface area contributed by atoms with E-state index in [1.54, 1.807) is 6.07 Å². The lowest BCUT2D eigenvalue weighted by Gasteiger charge is -2.19. The predicted molar refractivity (Wildman–Crippen MR) is 115 cm³/mol. The highest BCUT2D eigenvalue weighted by Gasteiger charge is 2.23. The summed E-state index contributed by atoms with van der Waals surface area (Å²) < 4.78 is 26.6. The van der Waals surface area contributed by atoms with Gasteiger partial charge in [-0.25, -0.2) is 8.78 Å². The summed E-state index contributed by atoms with van der Waals surface area (Å²) in [5, 5.41) is 3.01. The maximum Gasteiger partial charge on any atom is 0.224 e. The molecule has 30 heavy (non-hydrogen) atoms. The second kappa shape index (κ2) is 9.08. The van der Waals surface area contributed by atoms with Gasteiger partial charge in [-0.1, -0.05) is 54.6 Å². The van der Waals surface area contributed by atoms with E-state index in [2.05, 4.69) is 17.4 Å². The Morgan fingerprint density at radius 3 is 2.40 bits per heavy atom. The summed E-state index contributed by atoms with van der Waals surface area (Å²) in [4.78, 5) is 14.4. The van der Waals surface area contributed by atoms with Crippen molar-refractivity contribution in [2.45, 2.75) is 12.8 Å². The summed E-state index contributed by atoms with van der Waals surface area (Å²) in [6.07, 6.45) is 1.25. The van der Waals surface area contributed by atoms with Gasteiger partial charge in [0, 0.05) is 31.4 Å². The van der Waals surface area contributed by atoms with Crippen LogP contribution in [-0.2, 0) is 11.2 Å². The van der Waals surface area contributed by atoms with E-state index in [0.717, 1.165) is 42.3 Å². The molecular formula is C25H24F2N2O. The molecule has 0 saturated carbocycles. The molecule has 0 radical (unpaired) electrons. The van der Waals surface area contributed by atoms with Crippen molar-refractivity contribution < 1.29 is 13.6 Å². The van der Waals surface area contributed by atoms with E-state index >= 15 is 0 Å². The van der Waals surface area contributed by atoms with Gasteiger partial charge in [-0.2, -0.15) is 0 Å². The normalized spacial score (nSPS) is 15.9. The molecule has 0 spiro atoms. The van der Waals surface area contributed by atoms with Gasteiger partial charge >= 0.3 is 0 Å². The Kier molecular flexibility index (Phi) is 6.07. The van der Waals surface area contributed by atoms with Crippen LogP contribution < -0.4 is 10.2 Å². The molecule has 1 atom stereocenters. The van der Waals surface area contributed by atoms with Crippen LogP contribution in [0.4, 0.5) is 14.5 Å². The highest BCUT2D eigenvalue weighted by atomic mass is 19.2. The third-order valence-electron chi connectivity index (χ3n) is 5.57. The first-order chi connectivity index (χ1) is 14.6. The Hall–Kier alpha value is -3.21. The average Bonchev–Trinajstić information content (AvgIpc) is 3.24. The second-order valence-corrected chi connectivity index (χ2v) is 7.74. The van der Waals surface area contributed by atoms with Crippen molar-refractivity contribution in [3.8, 4) is 11.1 Å². The molecular weight excluding hydrogens is 382 g/mol. The number of carbonyl (C=O) groups excluding carboxylic acids is 1. The SMILES string of the molecule is O=C(Cc1ccc(-c2ccccc2)cc1)NCC1CCN(c2ccc(F)c(F)c2)C1. The topological polar surface area (TPSA) is 32.3 Å². The number of nitrogens with zero attached hydrogens (tertiary/aromatic N) is 1. The lowest BCUT2D eigenvalue weighted by Crippen LogP contribution is -2.32. The van der Waals surface area contributed by atoms with Gasteiger partial charge in [0.15, 0.2) is 11.6 Å². The summed E-state index contributed by atoms with van der Waals surface area (Å²) >= 11 is 0. The predicted octanol–water partition coefficient (Wildman–Crippen LogP) is 4.82.